The smallest absolute Gasteiger partial charge is 0.194 e. The molecule has 1 saturated heterocycles. The zero-order valence-corrected chi connectivity index (χ0v) is 17.7. The van der Waals surface area contributed by atoms with Gasteiger partial charge >= 0.3 is 0 Å². The molecule has 0 aromatic heterocycles. The summed E-state index contributed by atoms with van der Waals surface area (Å²) < 4.78 is 0. The van der Waals surface area contributed by atoms with Gasteiger partial charge in [-0.3, -0.25) is 4.99 Å². The minimum absolute atomic E-state index is 0. The summed E-state index contributed by atoms with van der Waals surface area (Å²) >= 11 is 2.11. The molecule has 0 bridgehead atoms. The van der Waals surface area contributed by atoms with E-state index in [-0.39, 0.29) is 24.0 Å². The van der Waals surface area contributed by atoms with Gasteiger partial charge in [-0.05, 0) is 46.2 Å². The number of halogens is 1. The van der Waals surface area contributed by atoms with Gasteiger partial charge in [0.2, 0.25) is 0 Å². The van der Waals surface area contributed by atoms with Gasteiger partial charge in [0.05, 0.1) is 6.54 Å². The van der Waals surface area contributed by atoms with Crippen molar-refractivity contribution < 1.29 is 0 Å². The Bertz CT molecular complexity index is 345. The fourth-order valence-corrected chi connectivity index (χ4v) is 4.16. The van der Waals surface area contributed by atoms with Crippen LogP contribution in [0, 0.1) is 5.92 Å². The lowest BCUT2D eigenvalue weighted by Gasteiger charge is -2.34. The third kappa shape index (κ3) is 6.07. The molecule has 22 heavy (non-hydrogen) atoms. The molecule has 1 N–H and O–H groups in total. The third-order valence-electron chi connectivity index (χ3n) is 4.49. The Morgan fingerprint density at radius 3 is 2.64 bits per heavy atom. The molecule has 1 aliphatic carbocycles. The molecule has 2 aliphatic rings. The first kappa shape index (κ1) is 20.4. The van der Waals surface area contributed by atoms with E-state index in [0.29, 0.717) is 6.04 Å². The van der Waals surface area contributed by atoms with E-state index in [9.17, 15) is 0 Å². The van der Waals surface area contributed by atoms with Gasteiger partial charge in [-0.2, -0.15) is 11.8 Å². The summed E-state index contributed by atoms with van der Waals surface area (Å²) in [5, 5.41) is 4.26. The van der Waals surface area contributed by atoms with E-state index in [1.165, 1.54) is 25.0 Å². The second-order valence-corrected chi connectivity index (χ2v) is 7.82. The summed E-state index contributed by atoms with van der Waals surface area (Å²) in [6, 6.07) is 0.611. The molecule has 0 amide bonds. The molecule has 0 spiro atoms. The van der Waals surface area contributed by atoms with Gasteiger partial charge in [0, 0.05) is 36.7 Å². The van der Waals surface area contributed by atoms with E-state index < -0.39 is 0 Å². The summed E-state index contributed by atoms with van der Waals surface area (Å²) in [6.45, 7) is 8.61. The normalized spacial score (nSPS) is 24.1. The van der Waals surface area contributed by atoms with E-state index in [4.69, 9.17) is 4.99 Å². The first-order valence-electron chi connectivity index (χ1n) is 8.47. The lowest BCUT2D eigenvalue weighted by Crippen LogP contribution is -2.48. The zero-order chi connectivity index (χ0) is 15.2. The van der Waals surface area contributed by atoms with Crippen LogP contribution in [0.15, 0.2) is 4.99 Å². The van der Waals surface area contributed by atoms with Crippen molar-refractivity contribution in [2.75, 3.05) is 46.0 Å². The molecular weight excluding hydrogens is 407 g/mol. The molecule has 2 atom stereocenters. The number of aliphatic imine (C=N–C) groups is 1. The van der Waals surface area contributed by atoms with Gasteiger partial charge in [0.1, 0.15) is 0 Å². The number of guanidine groups is 1. The number of thioether (sulfide) groups is 1. The molecule has 130 valence electrons. The average molecular weight is 440 g/mol. The summed E-state index contributed by atoms with van der Waals surface area (Å²) in [6.07, 6.45) is 4.02. The third-order valence-corrected chi connectivity index (χ3v) is 5.86. The SMILES string of the molecule is CCNC(=NCC(C1CC1)N(C)C)N1CCSC(CC)C1.I. The molecule has 2 fully saturated rings. The van der Waals surface area contributed by atoms with Crippen LogP contribution < -0.4 is 5.32 Å². The number of hydrogen-bond donors (Lipinski definition) is 1. The highest BCUT2D eigenvalue weighted by atomic mass is 127. The molecular formula is C16H33IN4S. The molecule has 0 aromatic carbocycles. The maximum absolute atomic E-state index is 4.97. The van der Waals surface area contributed by atoms with Gasteiger partial charge < -0.3 is 15.1 Å². The van der Waals surface area contributed by atoms with Crippen LogP contribution in [0.1, 0.15) is 33.1 Å². The van der Waals surface area contributed by atoms with Crippen molar-refractivity contribution in [3.8, 4) is 0 Å². The minimum Gasteiger partial charge on any atom is -0.357 e. The molecule has 6 heteroatoms. The van der Waals surface area contributed by atoms with Crippen molar-refractivity contribution in [2.24, 2.45) is 10.9 Å². The first-order valence-corrected chi connectivity index (χ1v) is 9.51. The van der Waals surface area contributed by atoms with Crippen molar-refractivity contribution in [3.63, 3.8) is 0 Å². The molecule has 0 radical (unpaired) electrons. The van der Waals surface area contributed by atoms with Crippen molar-refractivity contribution in [1.29, 1.82) is 0 Å². The van der Waals surface area contributed by atoms with Crippen LogP contribution in [-0.2, 0) is 0 Å². The summed E-state index contributed by atoms with van der Waals surface area (Å²) in [5.41, 5.74) is 0. The fourth-order valence-electron chi connectivity index (χ4n) is 2.98. The predicted octanol–water partition coefficient (Wildman–Crippen LogP) is 2.74. The van der Waals surface area contributed by atoms with Crippen LogP contribution in [0.4, 0.5) is 0 Å². The van der Waals surface area contributed by atoms with Gasteiger partial charge in [-0.1, -0.05) is 6.92 Å². The lowest BCUT2D eigenvalue weighted by atomic mass is 10.2. The number of nitrogens with one attached hydrogen (secondary N) is 1. The zero-order valence-electron chi connectivity index (χ0n) is 14.5. The quantitative estimate of drug-likeness (QED) is 0.391. The van der Waals surface area contributed by atoms with E-state index in [1.807, 2.05) is 0 Å². The topological polar surface area (TPSA) is 30.9 Å². The highest BCUT2D eigenvalue weighted by Gasteiger charge is 2.32. The minimum atomic E-state index is 0. The van der Waals surface area contributed by atoms with E-state index in [1.54, 1.807) is 0 Å². The molecule has 1 heterocycles. The highest BCUT2D eigenvalue weighted by molar-refractivity contribution is 14.0. The summed E-state index contributed by atoms with van der Waals surface area (Å²) in [4.78, 5) is 9.79. The second-order valence-electron chi connectivity index (χ2n) is 6.41. The number of likely N-dealkylation sites (N-methyl/N-ethyl adjacent to an activating group) is 1. The molecule has 2 rings (SSSR count). The molecule has 1 aliphatic heterocycles. The standard InChI is InChI=1S/C16H32N4S.HI/c1-5-14-12-20(9-10-21-14)16(17-6-2)18-11-15(19(3)4)13-7-8-13;/h13-15H,5-12H2,1-4H3,(H,17,18);1H. The lowest BCUT2D eigenvalue weighted by molar-refractivity contribution is 0.270. The van der Waals surface area contributed by atoms with Gasteiger partial charge in [0.25, 0.3) is 0 Å². The van der Waals surface area contributed by atoms with E-state index in [2.05, 4.69) is 54.8 Å². The molecule has 0 aromatic rings. The largest absolute Gasteiger partial charge is 0.357 e. The van der Waals surface area contributed by atoms with Crippen molar-refractivity contribution in [3.05, 3.63) is 0 Å². The maximum atomic E-state index is 4.97. The first-order chi connectivity index (χ1) is 10.2. The molecule has 4 nitrogen and oxygen atoms in total. The second kappa shape index (κ2) is 10.2. The Morgan fingerprint density at radius 2 is 2.09 bits per heavy atom. The Labute approximate surface area is 157 Å². The van der Waals surface area contributed by atoms with E-state index in [0.717, 1.165) is 43.3 Å². The maximum Gasteiger partial charge on any atom is 0.194 e. The van der Waals surface area contributed by atoms with Gasteiger partial charge in [0.15, 0.2) is 5.96 Å². The van der Waals surface area contributed by atoms with Crippen LogP contribution in [0.5, 0.6) is 0 Å². The Morgan fingerprint density at radius 1 is 1.36 bits per heavy atom. The van der Waals surface area contributed by atoms with Crippen LogP contribution in [0.3, 0.4) is 0 Å². The Kier molecular flexibility index (Phi) is 9.47. The van der Waals surface area contributed by atoms with Crippen LogP contribution in [0.2, 0.25) is 0 Å². The Balaban J connectivity index is 0.00000242. The van der Waals surface area contributed by atoms with Crippen molar-refractivity contribution >= 4 is 41.7 Å². The Hall–Kier alpha value is 0.310. The van der Waals surface area contributed by atoms with E-state index >= 15 is 0 Å². The van der Waals surface area contributed by atoms with Gasteiger partial charge in [-0.25, -0.2) is 0 Å². The number of nitrogens with zero attached hydrogens (tertiary/aromatic N) is 3. The van der Waals surface area contributed by atoms with Crippen LogP contribution >= 0.6 is 35.7 Å². The molecule has 1 saturated carbocycles. The van der Waals surface area contributed by atoms with Gasteiger partial charge in [-0.15, -0.1) is 24.0 Å². The summed E-state index contributed by atoms with van der Waals surface area (Å²) in [7, 11) is 4.38. The average Bonchev–Trinajstić information content (AvgIpc) is 3.31. The number of hydrogen-bond acceptors (Lipinski definition) is 3. The van der Waals surface area contributed by atoms with Crippen molar-refractivity contribution in [2.45, 2.75) is 44.4 Å². The van der Waals surface area contributed by atoms with Crippen molar-refractivity contribution in [1.82, 2.24) is 15.1 Å². The predicted molar refractivity (Wildman–Crippen MR) is 110 cm³/mol. The molecule has 2 unspecified atom stereocenters. The monoisotopic (exact) mass is 440 g/mol. The summed E-state index contributed by atoms with van der Waals surface area (Å²) in [5.74, 6) is 3.22. The van der Waals surface area contributed by atoms with Crippen LogP contribution in [-0.4, -0.2) is 73.1 Å². The number of rotatable bonds is 6. The van der Waals surface area contributed by atoms with Crippen LogP contribution in [0.25, 0.3) is 0 Å². The fraction of sp³-hybridized carbons (Fsp3) is 0.938. The highest BCUT2D eigenvalue weighted by Crippen LogP contribution is 2.34.